The van der Waals surface area contributed by atoms with Crippen LogP contribution >= 0.6 is 0 Å². The fraction of sp³-hybridized carbons (Fsp3) is 0.259. The van der Waals surface area contributed by atoms with Gasteiger partial charge < -0.3 is 15.5 Å². The minimum Gasteiger partial charge on any atom is -0.334 e. The second kappa shape index (κ2) is 9.21. The highest BCUT2D eigenvalue weighted by Crippen LogP contribution is 2.29. The van der Waals surface area contributed by atoms with Gasteiger partial charge in [0.1, 0.15) is 5.69 Å². The first-order chi connectivity index (χ1) is 17.9. The van der Waals surface area contributed by atoms with E-state index in [-0.39, 0.29) is 11.6 Å². The Hall–Kier alpha value is -4.44. The van der Waals surface area contributed by atoms with Crippen molar-refractivity contribution in [3.63, 3.8) is 0 Å². The number of urea groups is 1. The van der Waals surface area contributed by atoms with Crippen LogP contribution in [0.15, 0.2) is 59.4 Å². The van der Waals surface area contributed by atoms with Gasteiger partial charge in [-0.25, -0.2) is 9.89 Å². The number of likely N-dealkylation sites (N-methyl/N-ethyl adjacent to an activating group) is 1. The number of fused-ring (bicyclic) bond motifs is 2. The Kier molecular flexibility index (Phi) is 5.72. The maximum Gasteiger partial charge on any atom is 0.322 e. The number of amides is 2. The second-order valence-corrected chi connectivity index (χ2v) is 9.64. The van der Waals surface area contributed by atoms with Crippen LogP contribution in [0.3, 0.4) is 0 Å². The van der Waals surface area contributed by atoms with E-state index in [0.717, 1.165) is 36.5 Å². The number of nitrogens with zero attached hydrogens (tertiary/aromatic N) is 5. The van der Waals surface area contributed by atoms with Crippen molar-refractivity contribution in [1.82, 2.24) is 29.8 Å². The Morgan fingerprint density at radius 2 is 1.76 bits per heavy atom. The molecule has 10 heteroatoms. The molecule has 2 aromatic carbocycles. The van der Waals surface area contributed by atoms with Gasteiger partial charge in [-0.2, -0.15) is 10.2 Å². The van der Waals surface area contributed by atoms with Gasteiger partial charge in [-0.1, -0.05) is 36.4 Å². The molecule has 0 fully saturated rings. The first-order valence-electron chi connectivity index (χ1n) is 12.3. The number of aromatic nitrogens is 4. The Bertz CT molecular complexity index is 1530. The van der Waals surface area contributed by atoms with Crippen molar-refractivity contribution in [2.24, 2.45) is 0 Å². The zero-order valence-electron chi connectivity index (χ0n) is 20.8. The molecule has 0 atom stereocenters. The van der Waals surface area contributed by atoms with E-state index in [0.29, 0.717) is 36.0 Å². The molecule has 2 aliphatic rings. The Morgan fingerprint density at radius 3 is 2.54 bits per heavy atom. The minimum absolute atomic E-state index is 0.150. The van der Waals surface area contributed by atoms with E-state index in [1.807, 2.05) is 48.0 Å². The number of anilines is 3. The molecule has 4 aromatic rings. The lowest BCUT2D eigenvalue weighted by Gasteiger charge is -2.22. The van der Waals surface area contributed by atoms with Gasteiger partial charge in [0.25, 0.3) is 5.56 Å². The number of H-pyrrole nitrogens is 1. The second-order valence-electron chi connectivity index (χ2n) is 9.64. The van der Waals surface area contributed by atoms with Crippen molar-refractivity contribution in [1.29, 1.82) is 0 Å². The highest BCUT2D eigenvalue weighted by molar-refractivity contribution is 5.92. The lowest BCUT2D eigenvalue weighted by molar-refractivity contribution is 0.212. The summed E-state index contributed by atoms with van der Waals surface area (Å²) in [5.41, 5.74) is 6.44. The summed E-state index contributed by atoms with van der Waals surface area (Å²) in [4.78, 5) is 29.6. The van der Waals surface area contributed by atoms with Crippen LogP contribution in [-0.2, 0) is 26.2 Å². The molecule has 0 aliphatic carbocycles. The first-order valence-corrected chi connectivity index (χ1v) is 12.3. The SMILES string of the molecule is Cc1c(NC(=O)N2Cc3ccccc3C2)cccc1-c1cc(Nc2cc3n(n2)CCN(C)C3)c(=O)[nH]n1. The molecular weight excluding hydrogens is 468 g/mol. The fourth-order valence-corrected chi connectivity index (χ4v) is 4.95. The van der Waals surface area contributed by atoms with E-state index < -0.39 is 0 Å². The zero-order chi connectivity index (χ0) is 25.5. The number of hydrogen-bond acceptors (Lipinski definition) is 6. The summed E-state index contributed by atoms with van der Waals surface area (Å²) in [7, 11) is 2.08. The van der Waals surface area contributed by atoms with Crippen molar-refractivity contribution in [3.05, 3.63) is 87.3 Å². The maximum absolute atomic E-state index is 13.0. The molecule has 4 heterocycles. The average Bonchev–Trinajstić information content (AvgIpc) is 3.50. The lowest BCUT2D eigenvalue weighted by atomic mass is 10.0. The largest absolute Gasteiger partial charge is 0.334 e. The minimum atomic E-state index is -0.331. The average molecular weight is 497 g/mol. The molecule has 0 spiro atoms. The highest BCUT2D eigenvalue weighted by atomic mass is 16.2. The molecule has 2 amide bonds. The lowest BCUT2D eigenvalue weighted by Crippen LogP contribution is -2.30. The third kappa shape index (κ3) is 4.47. The van der Waals surface area contributed by atoms with Gasteiger partial charge in [-0.15, -0.1) is 0 Å². The molecule has 37 heavy (non-hydrogen) atoms. The molecule has 0 saturated heterocycles. The topological polar surface area (TPSA) is 111 Å². The Labute approximate surface area is 213 Å². The number of carbonyl (C=O) groups excluding carboxylic acids is 1. The van der Waals surface area contributed by atoms with Crippen LogP contribution in [0.5, 0.6) is 0 Å². The van der Waals surface area contributed by atoms with E-state index in [2.05, 4.69) is 50.0 Å². The fourth-order valence-electron chi connectivity index (χ4n) is 4.95. The summed E-state index contributed by atoms with van der Waals surface area (Å²) in [6.45, 7) is 5.67. The molecule has 10 nitrogen and oxygen atoms in total. The predicted octanol–water partition coefficient (Wildman–Crippen LogP) is 3.68. The zero-order valence-corrected chi connectivity index (χ0v) is 20.8. The summed E-state index contributed by atoms with van der Waals surface area (Å²) < 4.78 is 1.97. The van der Waals surface area contributed by atoms with Crippen LogP contribution in [0, 0.1) is 6.92 Å². The summed E-state index contributed by atoms with van der Waals surface area (Å²) in [6.07, 6.45) is 0. The third-order valence-electron chi connectivity index (χ3n) is 7.03. The van der Waals surface area contributed by atoms with E-state index in [4.69, 9.17) is 0 Å². The van der Waals surface area contributed by atoms with Crippen LogP contribution in [0.2, 0.25) is 0 Å². The highest BCUT2D eigenvalue weighted by Gasteiger charge is 2.23. The number of rotatable bonds is 4. The molecule has 188 valence electrons. The number of nitrogens with one attached hydrogen (secondary N) is 3. The van der Waals surface area contributed by atoms with Crippen LogP contribution in [0.4, 0.5) is 22.0 Å². The quantitative estimate of drug-likeness (QED) is 0.398. The predicted molar refractivity (Wildman–Crippen MR) is 142 cm³/mol. The van der Waals surface area contributed by atoms with Crippen molar-refractivity contribution in [2.45, 2.75) is 33.1 Å². The Morgan fingerprint density at radius 1 is 0.973 bits per heavy atom. The van der Waals surface area contributed by atoms with Crippen molar-refractivity contribution in [2.75, 3.05) is 24.2 Å². The van der Waals surface area contributed by atoms with Gasteiger partial charge in [0.05, 0.1) is 17.9 Å². The normalized spacial score (nSPS) is 14.8. The van der Waals surface area contributed by atoms with Crippen molar-refractivity contribution < 1.29 is 4.79 Å². The van der Waals surface area contributed by atoms with Crippen LogP contribution in [-0.4, -0.2) is 49.4 Å². The van der Waals surface area contributed by atoms with Crippen molar-refractivity contribution >= 4 is 23.2 Å². The van der Waals surface area contributed by atoms with E-state index in [1.54, 1.807) is 11.0 Å². The summed E-state index contributed by atoms with van der Waals surface area (Å²) in [5.74, 6) is 0.622. The van der Waals surface area contributed by atoms with Gasteiger partial charge in [-0.3, -0.25) is 14.4 Å². The molecule has 3 N–H and O–H groups in total. The van der Waals surface area contributed by atoms with Crippen molar-refractivity contribution in [3.8, 4) is 11.3 Å². The first kappa shape index (κ1) is 23.0. The van der Waals surface area contributed by atoms with Gasteiger partial charge in [-0.05, 0) is 42.8 Å². The smallest absolute Gasteiger partial charge is 0.322 e. The third-order valence-corrected chi connectivity index (χ3v) is 7.03. The molecule has 6 rings (SSSR count). The molecule has 0 radical (unpaired) electrons. The Balaban J connectivity index is 1.22. The van der Waals surface area contributed by atoms with E-state index in [9.17, 15) is 9.59 Å². The molecule has 0 bridgehead atoms. The van der Waals surface area contributed by atoms with Crippen LogP contribution < -0.4 is 16.2 Å². The van der Waals surface area contributed by atoms with E-state index >= 15 is 0 Å². The standard InChI is InChI=1S/C27H28N8O2/c1-17-21(8-5-9-22(17)29-27(37)34-14-18-6-3-4-7-19(18)15-34)23-13-24(26(36)31-30-23)28-25-12-20-16-33(2)10-11-35(20)32-25/h3-9,12-13H,10-11,14-16H2,1-2H3,(H,29,37)(H,31,36)(H,28,30,32). The molecule has 2 aromatic heterocycles. The van der Waals surface area contributed by atoms with E-state index in [1.165, 1.54) is 11.1 Å². The summed E-state index contributed by atoms with van der Waals surface area (Å²) >= 11 is 0. The van der Waals surface area contributed by atoms with Gasteiger partial charge in [0.15, 0.2) is 5.82 Å². The maximum atomic E-state index is 13.0. The summed E-state index contributed by atoms with van der Waals surface area (Å²) in [6, 6.07) is 17.3. The van der Waals surface area contributed by atoms with Crippen LogP contribution in [0.1, 0.15) is 22.4 Å². The number of benzene rings is 2. The van der Waals surface area contributed by atoms with Crippen LogP contribution in [0.25, 0.3) is 11.3 Å². The molecule has 2 aliphatic heterocycles. The molecular formula is C27H28N8O2. The summed E-state index contributed by atoms with van der Waals surface area (Å²) in [5, 5.41) is 17.7. The number of hydrogen-bond donors (Lipinski definition) is 3. The number of aromatic amines is 1. The number of carbonyl (C=O) groups is 1. The molecule has 0 saturated carbocycles. The monoisotopic (exact) mass is 496 g/mol. The molecule has 0 unspecified atom stereocenters. The van der Waals surface area contributed by atoms with Gasteiger partial charge in [0, 0.05) is 43.5 Å². The van der Waals surface area contributed by atoms with Gasteiger partial charge >= 0.3 is 6.03 Å². The van der Waals surface area contributed by atoms with Gasteiger partial charge in [0.2, 0.25) is 0 Å².